The van der Waals surface area contributed by atoms with Crippen LogP contribution < -0.4 is 10.2 Å². The molecule has 1 atom stereocenters. The van der Waals surface area contributed by atoms with Crippen molar-refractivity contribution in [3.63, 3.8) is 0 Å². The van der Waals surface area contributed by atoms with Crippen molar-refractivity contribution in [2.24, 2.45) is 0 Å². The van der Waals surface area contributed by atoms with Crippen molar-refractivity contribution in [3.05, 3.63) is 34.9 Å². The molecule has 0 aromatic heterocycles. The van der Waals surface area contributed by atoms with Crippen molar-refractivity contribution in [1.29, 1.82) is 0 Å². The molecule has 1 aromatic carbocycles. The number of carboxylic acid groups (broad SMARTS) is 2. The highest BCUT2D eigenvalue weighted by Gasteiger charge is 2.38. The van der Waals surface area contributed by atoms with Crippen LogP contribution in [0, 0.1) is 0 Å². The van der Waals surface area contributed by atoms with E-state index in [1.165, 1.54) is 0 Å². The summed E-state index contributed by atoms with van der Waals surface area (Å²) in [4.78, 5) is 45.8. The van der Waals surface area contributed by atoms with Crippen LogP contribution in [0.1, 0.15) is 38.0 Å². The number of benzene rings is 1. The summed E-state index contributed by atoms with van der Waals surface area (Å²) >= 11 is 0. The Balaban J connectivity index is 2.50. The molecule has 0 aliphatic carbocycles. The number of carboxylic acids is 2. The quantitative estimate of drug-likeness (QED) is 0.569. The minimum Gasteiger partial charge on any atom is -0.548 e. The third-order valence-corrected chi connectivity index (χ3v) is 2.88. The van der Waals surface area contributed by atoms with Crippen molar-refractivity contribution in [2.75, 3.05) is 0 Å². The van der Waals surface area contributed by atoms with Gasteiger partial charge in [0.2, 0.25) is 0 Å². The maximum Gasteiger partial charge on any atom is 0.262 e. The number of aliphatic carboxylic acids is 1. The van der Waals surface area contributed by atoms with Gasteiger partial charge in [-0.25, -0.2) is 0 Å². The molecule has 1 aliphatic heterocycles. The van der Waals surface area contributed by atoms with Gasteiger partial charge in [-0.1, -0.05) is 6.07 Å². The van der Waals surface area contributed by atoms with Crippen LogP contribution in [0.3, 0.4) is 0 Å². The van der Waals surface area contributed by atoms with E-state index in [-0.39, 0.29) is 16.7 Å². The molecule has 1 aliphatic rings. The second kappa shape index (κ2) is 4.20. The zero-order chi connectivity index (χ0) is 14.3. The molecule has 0 radical (unpaired) electrons. The highest BCUT2D eigenvalue weighted by atomic mass is 16.4. The molecule has 1 heterocycles. The van der Waals surface area contributed by atoms with Crippen LogP contribution in [0.5, 0.6) is 0 Å². The summed E-state index contributed by atoms with van der Waals surface area (Å²) in [6, 6.07) is 1.83. The second-order valence-corrected chi connectivity index (χ2v) is 4.02. The normalized spacial score (nSPS) is 15.3. The Hall–Kier alpha value is -2.70. The predicted molar refractivity (Wildman–Crippen MR) is 55.7 cm³/mol. The Morgan fingerprint density at radius 1 is 1.11 bits per heavy atom. The maximum atomic E-state index is 11.9. The van der Waals surface area contributed by atoms with Crippen molar-refractivity contribution >= 4 is 23.8 Å². The number of carbonyl (C=O) groups is 4. The van der Waals surface area contributed by atoms with Crippen molar-refractivity contribution < 1.29 is 29.4 Å². The van der Waals surface area contributed by atoms with Gasteiger partial charge in [-0.2, -0.15) is 0 Å². The van der Waals surface area contributed by atoms with E-state index in [4.69, 9.17) is 0 Å². The third kappa shape index (κ3) is 1.85. The van der Waals surface area contributed by atoms with Crippen LogP contribution in [0.15, 0.2) is 18.2 Å². The van der Waals surface area contributed by atoms with Gasteiger partial charge in [0.1, 0.15) is 0 Å². The Morgan fingerprint density at radius 2 is 1.68 bits per heavy atom. The van der Waals surface area contributed by atoms with Crippen LogP contribution in [-0.4, -0.2) is 34.7 Å². The van der Waals surface area contributed by atoms with Crippen LogP contribution >= 0.6 is 0 Å². The monoisotopic (exact) mass is 261 g/mol. The summed E-state index contributed by atoms with van der Waals surface area (Å²) in [6.45, 7) is 1.14. The molecule has 0 fully saturated rings. The molecule has 0 bridgehead atoms. The van der Waals surface area contributed by atoms with Gasteiger partial charge in [-0.3, -0.25) is 14.5 Å². The topological polar surface area (TPSA) is 118 Å². The third-order valence-electron chi connectivity index (χ3n) is 2.88. The van der Waals surface area contributed by atoms with Crippen molar-refractivity contribution in [2.45, 2.75) is 13.0 Å². The molecular weight excluding hydrogens is 254 g/mol. The summed E-state index contributed by atoms with van der Waals surface area (Å²) in [6.07, 6.45) is 0. The molecule has 2 rings (SSSR count). The number of hydrogen-bond acceptors (Lipinski definition) is 6. The molecule has 98 valence electrons. The number of hydrogen-bond donors (Lipinski definition) is 0. The molecular formula is C12H7NO6-2. The van der Waals surface area contributed by atoms with Gasteiger partial charge >= 0.3 is 0 Å². The highest BCUT2D eigenvalue weighted by Crippen LogP contribution is 2.25. The number of carbonyl (C=O) groups excluding carboxylic acids is 4. The van der Waals surface area contributed by atoms with Gasteiger partial charge in [0.25, 0.3) is 11.8 Å². The second-order valence-electron chi connectivity index (χ2n) is 4.02. The van der Waals surface area contributed by atoms with Crippen LogP contribution in [0.4, 0.5) is 0 Å². The number of imide groups is 1. The van der Waals surface area contributed by atoms with E-state index in [9.17, 15) is 29.4 Å². The summed E-state index contributed by atoms with van der Waals surface area (Å²) in [5.74, 6) is -4.72. The van der Waals surface area contributed by atoms with E-state index >= 15 is 0 Å². The molecule has 0 saturated carbocycles. The first kappa shape index (κ1) is 12.7. The summed E-state index contributed by atoms with van der Waals surface area (Å²) in [5.41, 5.74) is -0.453. The molecule has 7 heteroatoms. The lowest BCUT2D eigenvalue weighted by Gasteiger charge is -2.22. The lowest BCUT2D eigenvalue weighted by molar-refractivity contribution is -0.309. The average Bonchev–Trinajstić information content (AvgIpc) is 2.60. The molecule has 0 saturated heterocycles. The number of fused-ring (bicyclic) bond motifs is 1. The standard InChI is InChI=1S/C12H9NO6/c1-5(11(16)17)13-9(14)7-3-2-6(12(18)19)4-8(7)10(13)15/h2-5H,1H3,(H,16,17)(H,18,19)/p-2/t5-/m1/s1. The fourth-order valence-electron chi connectivity index (χ4n) is 1.84. The molecule has 0 N–H and O–H groups in total. The smallest absolute Gasteiger partial charge is 0.262 e. The summed E-state index contributed by atoms with van der Waals surface area (Å²) in [5, 5.41) is 21.4. The Morgan fingerprint density at radius 3 is 2.21 bits per heavy atom. The zero-order valence-electron chi connectivity index (χ0n) is 9.71. The lowest BCUT2D eigenvalue weighted by atomic mass is 10.1. The van der Waals surface area contributed by atoms with Crippen LogP contribution in [0.2, 0.25) is 0 Å². The predicted octanol–water partition coefficient (Wildman–Crippen LogP) is -2.22. The Labute approximate surface area is 107 Å². The molecule has 7 nitrogen and oxygen atoms in total. The largest absolute Gasteiger partial charge is 0.548 e. The van der Waals surface area contributed by atoms with Crippen molar-refractivity contribution in [1.82, 2.24) is 4.90 Å². The van der Waals surface area contributed by atoms with Gasteiger partial charge in [-0.15, -0.1) is 0 Å². The molecule has 2 amide bonds. The maximum absolute atomic E-state index is 11.9. The summed E-state index contributed by atoms with van der Waals surface area (Å²) < 4.78 is 0. The minimum atomic E-state index is -1.57. The van der Waals surface area contributed by atoms with Gasteiger partial charge < -0.3 is 19.8 Å². The first-order valence-corrected chi connectivity index (χ1v) is 5.28. The lowest BCUT2D eigenvalue weighted by Crippen LogP contribution is -2.48. The van der Waals surface area contributed by atoms with Crippen LogP contribution in [-0.2, 0) is 4.79 Å². The van der Waals surface area contributed by atoms with Gasteiger partial charge in [0.05, 0.1) is 29.1 Å². The van der Waals surface area contributed by atoms with E-state index in [2.05, 4.69) is 0 Å². The van der Waals surface area contributed by atoms with Gasteiger partial charge in [-0.05, 0) is 24.6 Å². The molecule has 0 unspecified atom stereocenters. The Bertz CT molecular complexity index is 621. The number of nitrogens with zero attached hydrogens (tertiary/aromatic N) is 1. The van der Waals surface area contributed by atoms with Crippen LogP contribution in [0.25, 0.3) is 0 Å². The molecule has 1 aromatic rings. The van der Waals surface area contributed by atoms with Gasteiger partial charge in [0.15, 0.2) is 0 Å². The average molecular weight is 261 g/mol. The first-order chi connectivity index (χ1) is 8.84. The van der Waals surface area contributed by atoms with Gasteiger partial charge in [0, 0.05) is 0 Å². The minimum absolute atomic E-state index is 0.0388. The number of aromatic carboxylic acids is 1. The van der Waals surface area contributed by atoms with E-state index in [0.717, 1.165) is 25.1 Å². The molecule has 19 heavy (non-hydrogen) atoms. The van der Waals surface area contributed by atoms with E-state index in [1.54, 1.807) is 0 Å². The first-order valence-electron chi connectivity index (χ1n) is 5.28. The number of amides is 2. The molecule has 0 spiro atoms. The summed E-state index contributed by atoms with van der Waals surface area (Å²) in [7, 11) is 0. The Kier molecular flexibility index (Phi) is 2.82. The number of rotatable bonds is 3. The van der Waals surface area contributed by atoms with E-state index in [0.29, 0.717) is 4.90 Å². The SMILES string of the molecule is C[C@H](C(=O)[O-])N1C(=O)c2ccc(C(=O)[O-])cc2C1=O. The van der Waals surface area contributed by atoms with E-state index in [1.807, 2.05) is 0 Å². The fraction of sp³-hybridized carbons (Fsp3) is 0.167. The highest BCUT2D eigenvalue weighted by molar-refractivity contribution is 6.23. The van der Waals surface area contributed by atoms with Crippen molar-refractivity contribution in [3.8, 4) is 0 Å². The van der Waals surface area contributed by atoms with E-state index < -0.39 is 29.8 Å². The fourth-order valence-corrected chi connectivity index (χ4v) is 1.84. The zero-order valence-corrected chi connectivity index (χ0v) is 9.71.